The second-order valence-corrected chi connectivity index (χ2v) is 7.54. The van der Waals surface area contributed by atoms with Crippen LogP contribution in [0.25, 0.3) is 0 Å². The average molecular weight is 315 g/mol. The smallest absolute Gasteiger partial charge is 0.0931 e. The maximum atomic E-state index is 6.06. The van der Waals surface area contributed by atoms with Gasteiger partial charge >= 0.3 is 0 Å². The van der Waals surface area contributed by atoms with Crippen molar-refractivity contribution in [2.45, 2.75) is 19.0 Å². The molecule has 0 saturated carbocycles. The minimum Gasteiger partial charge on any atom is -0.305 e. The summed E-state index contributed by atoms with van der Waals surface area (Å²) < 4.78 is 0.846. The van der Waals surface area contributed by atoms with Gasteiger partial charge in [-0.05, 0) is 44.6 Å². The summed E-state index contributed by atoms with van der Waals surface area (Å²) in [4.78, 5) is 4.84. The number of nitrogens with one attached hydrogen (secondary N) is 1. The van der Waals surface area contributed by atoms with Crippen LogP contribution in [0.1, 0.15) is 22.7 Å². The van der Waals surface area contributed by atoms with Gasteiger partial charge in [0.15, 0.2) is 0 Å². The van der Waals surface area contributed by atoms with Crippen LogP contribution in [0.3, 0.4) is 0 Å². The van der Waals surface area contributed by atoms with Crippen molar-refractivity contribution in [1.29, 1.82) is 0 Å². The van der Waals surface area contributed by atoms with Crippen molar-refractivity contribution in [3.8, 4) is 0 Å². The topological polar surface area (TPSA) is 15.3 Å². The van der Waals surface area contributed by atoms with Gasteiger partial charge in [0.25, 0.3) is 0 Å². The second-order valence-electron chi connectivity index (χ2n) is 4.81. The van der Waals surface area contributed by atoms with Crippen LogP contribution in [-0.2, 0) is 0 Å². The number of rotatable bonds is 6. The van der Waals surface area contributed by atoms with E-state index in [4.69, 9.17) is 11.6 Å². The molecule has 2 unspecified atom stereocenters. The van der Waals surface area contributed by atoms with E-state index in [-0.39, 0.29) is 6.04 Å². The first kappa shape index (κ1) is 15.0. The van der Waals surface area contributed by atoms with Gasteiger partial charge in [0, 0.05) is 22.3 Å². The molecular formula is C14H19ClN2S2. The van der Waals surface area contributed by atoms with Gasteiger partial charge in [0.05, 0.1) is 10.4 Å². The van der Waals surface area contributed by atoms with Crippen molar-refractivity contribution < 1.29 is 0 Å². The highest BCUT2D eigenvalue weighted by molar-refractivity contribution is 7.16. The summed E-state index contributed by atoms with van der Waals surface area (Å²) in [5.74, 6) is 0. The molecule has 19 heavy (non-hydrogen) atoms. The van der Waals surface area contributed by atoms with Crippen LogP contribution in [0.5, 0.6) is 0 Å². The van der Waals surface area contributed by atoms with Crippen molar-refractivity contribution in [2.75, 3.05) is 20.6 Å². The standard InChI is InChI=1S/C14H19ClN2S2/c1-10(17(2)3)9-16-14(11-5-4-8-18-11)12-6-7-13(15)19-12/h4-8,10,14,16H,9H2,1-3H3. The van der Waals surface area contributed by atoms with E-state index in [0.29, 0.717) is 6.04 Å². The lowest BCUT2D eigenvalue weighted by atomic mass is 10.2. The largest absolute Gasteiger partial charge is 0.305 e. The molecule has 2 nitrogen and oxygen atoms in total. The number of thiophene rings is 2. The summed E-state index contributed by atoms with van der Waals surface area (Å²) in [6, 6.07) is 9.11. The second kappa shape index (κ2) is 6.86. The first-order chi connectivity index (χ1) is 9.08. The Labute approximate surface area is 128 Å². The van der Waals surface area contributed by atoms with E-state index < -0.39 is 0 Å². The molecule has 2 rings (SSSR count). The highest BCUT2D eigenvalue weighted by Gasteiger charge is 2.18. The molecule has 2 heterocycles. The van der Waals surface area contributed by atoms with Crippen LogP contribution < -0.4 is 5.32 Å². The molecule has 0 amide bonds. The van der Waals surface area contributed by atoms with Gasteiger partial charge in [0.2, 0.25) is 0 Å². The molecule has 0 fully saturated rings. The molecular weight excluding hydrogens is 296 g/mol. The summed E-state index contributed by atoms with van der Waals surface area (Å²) in [7, 11) is 4.21. The summed E-state index contributed by atoms with van der Waals surface area (Å²) in [6.45, 7) is 3.17. The molecule has 5 heteroatoms. The molecule has 0 aliphatic rings. The molecule has 0 aliphatic carbocycles. The highest BCUT2D eigenvalue weighted by atomic mass is 35.5. The van der Waals surface area contributed by atoms with Crippen LogP contribution in [0, 0.1) is 0 Å². The molecule has 0 aromatic carbocycles. The fraction of sp³-hybridized carbons (Fsp3) is 0.429. The van der Waals surface area contributed by atoms with E-state index in [2.05, 4.69) is 54.8 Å². The Bertz CT molecular complexity index is 493. The molecule has 0 radical (unpaired) electrons. The maximum absolute atomic E-state index is 6.06. The van der Waals surface area contributed by atoms with Crippen molar-refractivity contribution >= 4 is 34.3 Å². The predicted octanol–water partition coefficient (Wildman–Crippen LogP) is 4.09. The lowest BCUT2D eigenvalue weighted by Crippen LogP contribution is -2.37. The van der Waals surface area contributed by atoms with E-state index in [9.17, 15) is 0 Å². The van der Waals surface area contributed by atoms with Crippen molar-refractivity contribution in [1.82, 2.24) is 10.2 Å². The van der Waals surface area contributed by atoms with Gasteiger partial charge in [-0.25, -0.2) is 0 Å². The van der Waals surface area contributed by atoms with Crippen LogP contribution in [-0.4, -0.2) is 31.6 Å². The van der Waals surface area contributed by atoms with E-state index in [0.717, 1.165) is 10.9 Å². The third kappa shape index (κ3) is 4.04. The molecule has 2 aromatic heterocycles. The fourth-order valence-electron chi connectivity index (χ4n) is 1.75. The molecule has 1 N–H and O–H groups in total. The molecule has 0 bridgehead atoms. The summed E-state index contributed by atoms with van der Waals surface area (Å²) in [5.41, 5.74) is 0. The first-order valence-corrected chi connectivity index (χ1v) is 8.33. The van der Waals surface area contributed by atoms with Crippen LogP contribution in [0.2, 0.25) is 4.34 Å². The number of nitrogens with zero attached hydrogens (tertiary/aromatic N) is 1. The molecule has 104 valence electrons. The summed E-state index contributed by atoms with van der Waals surface area (Å²) in [5, 5.41) is 5.77. The third-order valence-electron chi connectivity index (χ3n) is 3.21. The Balaban J connectivity index is 2.12. The zero-order chi connectivity index (χ0) is 13.8. The molecule has 2 aromatic rings. The Morgan fingerprint density at radius 1 is 1.26 bits per heavy atom. The van der Waals surface area contributed by atoms with Gasteiger partial charge in [-0.2, -0.15) is 0 Å². The Hall–Kier alpha value is -0.390. The lowest BCUT2D eigenvalue weighted by Gasteiger charge is -2.23. The van der Waals surface area contributed by atoms with E-state index in [1.165, 1.54) is 9.75 Å². The van der Waals surface area contributed by atoms with Crippen molar-refractivity contribution in [3.63, 3.8) is 0 Å². The summed E-state index contributed by atoms with van der Waals surface area (Å²) in [6.07, 6.45) is 0. The van der Waals surface area contributed by atoms with Gasteiger partial charge in [-0.3, -0.25) is 0 Å². The molecule has 2 atom stereocenters. The Morgan fingerprint density at radius 3 is 2.58 bits per heavy atom. The molecule has 0 aliphatic heterocycles. The van der Waals surface area contributed by atoms with Crippen LogP contribution >= 0.6 is 34.3 Å². The molecule has 0 saturated heterocycles. The number of hydrogen-bond donors (Lipinski definition) is 1. The monoisotopic (exact) mass is 314 g/mol. The minimum atomic E-state index is 0.250. The van der Waals surface area contributed by atoms with Gasteiger partial charge < -0.3 is 10.2 Å². The first-order valence-electron chi connectivity index (χ1n) is 6.26. The van der Waals surface area contributed by atoms with Gasteiger partial charge in [0.1, 0.15) is 0 Å². The average Bonchev–Trinajstić information content (AvgIpc) is 3.01. The molecule has 0 spiro atoms. The van der Waals surface area contributed by atoms with Gasteiger partial charge in [-0.1, -0.05) is 17.7 Å². The Kier molecular flexibility index (Phi) is 5.42. The van der Waals surface area contributed by atoms with Crippen molar-refractivity contribution in [2.24, 2.45) is 0 Å². The SMILES string of the molecule is CC(CNC(c1cccs1)c1ccc(Cl)s1)N(C)C. The van der Waals surface area contributed by atoms with E-state index in [1.807, 2.05) is 6.07 Å². The third-order valence-corrected chi connectivity index (χ3v) is 5.44. The number of halogens is 1. The quantitative estimate of drug-likeness (QED) is 0.864. The predicted molar refractivity (Wildman–Crippen MR) is 86.6 cm³/mol. The zero-order valence-electron chi connectivity index (χ0n) is 11.4. The minimum absolute atomic E-state index is 0.250. The normalized spacial score (nSPS) is 14.8. The zero-order valence-corrected chi connectivity index (χ0v) is 13.8. The van der Waals surface area contributed by atoms with Crippen LogP contribution in [0.4, 0.5) is 0 Å². The van der Waals surface area contributed by atoms with Crippen molar-refractivity contribution in [3.05, 3.63) is 43.7 Å². The number of hydrogen-bond acceptors (Lipinski definition) is 4. The Morgan fingerprint density at radius 2 is 2.05 bits per heavy atom. The number of likely N-dealkylation sites (N-methyl/N-ethyl adjacent to an activating group) is 1. The lowest BCUT2D eigenvalue weighted by molar-refractivity contribution is 0.298. The van der Waals surface area contributed by atoms with Crippen LogP contribution in [0.15, 0.2) is 29.6 Å². The fourth-order valence-corrected chi connectivity index (χ4v) is 3.80. The van der Waals surface area contributed by atoms with Gasteiger partial charge in [-0.15, -0.1) is 22.7 Å². The van der Waals surface area contributed by atoms with E-state index >= 15 is 0 Å². The summed E-state index contributed by atoms with van der Waals surface area (Å²) >= 11 is 9.50. The van der Waals surface area contributed by atoms with E-state index in [1.54, 1.807) is 22.7 Å². The maximum Gasteiger partial charge on any atom is 0.0931 e. The highest BCUT2D eigenvalue weighted by Crippen LogP contribution is 2.33.